The minimum absolute atomic E-state index is 0.0325. The van der Waals surface area contributed by atoms with Gasteiger partial charge in [0.05, 0.1) is 10.0 Å². The molecule has 0 radical (unpaired) electrons. The maximum atomic E-state index is 12.4. The SMILES string of the molecule is CC(N)C1CCCCN1C(=O)Nc1ccc(Cl)c(Cl)c1. The van der Waals surface area contributed by atoms with Crippen molar-refractivity contribution in [2.75, 3.05) is 11.9 Å². The Kier molecular flexibility index (Phi) is 5.13. The fourth-order valence-corrected chi connectivity index (χ4v) is 2.82. The zero-order valence-corrected chi connectivity index (χ0v) is 12.9. The van der Waals surface area contributed by atoms with Crippen LogP contribution in [0.4, 0.5) is 10.5 Å². The van der Waals surface area contributed by atoms with Crippen LogP contribution in [0.25, 0.3) is 0 Å². The van der Waals surface area contributed by atoms with E-state index >= 15 is 0 Å². The predicted octanol–water partition coefficient (Wildman–Crippen LogP) is 3.73. The molecule has 0 spiro atoms. The average Bonchev–Trinajstić information content (AvgIpc) is 2.43. The van der Waals surface area contributed by atoms with Gasteiger partial charge in [0, 0.05) is 24.3 Å². The van der Waals surface area contributed by atoms with Gasteiger partial charge in [-0.25, -0.2) is 4.79 Å². The predicted molar refractivity (Wildman–Crippen MR) is 83.5 cm³/mol. The first-order valence-corrected chi connectivity index (χ1v) is 7.53. The van der Waals surface area contributed by atoms with Crippen LogP contribution in [0.2, 0.25) is 10.0 Å². The van der Waals surface area contributed by atoms with E-state index in [1.54, 1.807) is 18.2 Å². The first-order valence-electron chi connectivity index (χ1n) is 6.77. The summed E-state index contributed by atoms with van der Waals surface area (Å²) in [6, 6.07) is 4.97. The van der Waals surface area contributed by atoms with Crippen molar-refractivity contribution in [2.24, 2.45) is 5.73 Å². The normalized spacial score (nSPS) is 20.6. The van der Waals surface area contributed by atoms with Gasteiger partial charge in [-0.3, -0.25) is 0 Å². The van der Waals surface area contributed by atoms with Gasteiger partial charge in [-0.05, 0) is 44.4 Å². The van der Waals surface area contributed by atoms with Crippen LogP contribution in [-0.4, -0.2) is 29.6 Å². The van der Waals surface area contributed by atoms with Crippen molar-refractivity contribution in [2.45, 2.75) is 38.3 Å². The van der Waals surface area contributed by atoms with E-state index in [9.17, 15) is 4.79 Å². The number of rotatable bonds is 2. The van der Waals surface area contributed by atoms with Crippen molar-refractivity contribution in [1.82, 2.24) is 4.90 Å². The highest BCUT2D eigenvalue weighted by Crippen LogP contribution is 2.26. The molecule has 6 heteroatoms. The third kappa shape index (κ3) is 3.57. The Bertz CT molecular complexity index is 493. The number of benzene rings is 1. The number of amides is 2. The summed E-state index contributed by atoms with van der Waals surface area (Å²) in [4.78, 5) is 14.2. The van der Waals surface area contributed by atoms with Crippen LogP contribution in [0.5, 0.6) is 0 Å². The number of nitrogens with zero attached hydrogens (tertiary/aromatic N) is 1. The van der Waals surface area contributed by atoms with E-state index in [1.807, 2.05) is 11.8 Å². The summed E-state index contributed by atoms with van der Waals surface area (Å²) in [5.74, 6) is 0. The third-order valence-electron chi connectivity index (χ3n) is 3.59. The Morgan fingerprint density at radius 3 is 2.80 bits per heavy atom. The first kappa shape index (κ1) is 15.4. The Balaban J connectivity index is 2.07. The first-order chi connectivity index (χ1) is 9.49. The summed E-state index contributed by atoms with van der Waals surface area (Å²) >= 11 is 11.8. The van der Waals surface area contributed by atoms with E-state index < -0.39 is 0 Å². The molecule has 1 aromatic carbocycles. The lowest BCUT2D eigenvalue weighted by Gasteiger charge is -2.37. The van der Waals surface area contributed by atoms with Crippen LogP contribution in [0.3, 0.4) is 0 Å². The molecule has 3 N–H and O–H groups in total. The topological polar surface area (TPSA) is 58.4 Å². The molecule has 0 saturated carbocycles. The third-order valence-corrected chi connectivity index (χ3v) is 4.33. The van der Waals surface area contributed by atoms with Crippen molar-refractivity contribution in [1.29, 1.82) is 0 Å². The summed E-state index contributed by atoms with van der Waals surface area (Å²) < 4.78 is 0. The van der Waals surface area contributed by atoms with E-state index in [0.717, 1.165) is 25.8 Å². The van der Waals surface area contributed by atoms with Crippen LogP contribution < -0.4 is 11.1 Å². The second kappa shape index (κ2) is 6.66. The molecule has 1 aromatic rings. The molecular formula is C14H19Cl2N3O. The van der Waals surface area contributed by atoms with Gasteiger partial charge >= 0.3 is 6.03 Å². The lowest BCUT2D eigenvalue weighted by molar-refractivity contribution is 0.151. The molecule has 4 nitrogen and oxygen atoms in total. The second-order valence-electron chi connectivity index (χ2n) is 5.17. The van der Waals surface area contributed by atoms with Crippen LogP contribution in [0.1, 0.15) is 26.2 Å². The smallest absolute Gasteiger partial charge is 0.322 e. The maximum absolute atomic E-state index is 12.4. The van der Waals surface area contributed by atoms with E-state index in [-0.39, 0.29) is 18.1 Å². The van der Waals surface area contributed by atoms with E-state index in [4.69, 9.17) is 28.9 Å². The van der Waals surface area contributed by atoms with Crippen LogP contribution in [-0.2, 0) is 0 Å². The molecule has 0 aromatic heterocycles. The summed E-state index contributed by atoms with van der Waals surface area (Å²) in [5, 5.41) is 3.74. The number of carbonyl (C=O) groups is 1. The number of hydrogen-bond donors (Lipinski definition) is 2. The standard InChI is InChI=1S/C14H19Cl2N3O/c1-9(17)13-4-2-3-7-19(13)14(20)18-10-5-6-11(15)12(16)8-10/h5-6,8-9,13H,2-4,7,17H2,1H3,(H,18,20). The average molecular weight is 316 g/mol. The molecule has 20 heavy (non-hydrogen) atoms. The highest BCUT2D eigenvalue weighted by Gasteiger charge is 2.29. The van der Waals surface area contributed by atoms with E-state index in [1.165, 1.54) is 0 Å². The van der Waals surface area contributed by atoms with Crippen molar-refractivity contribution in [3.8, 4) is 0 Å². The number of hydrogen-bond acceptors (Lipinski definition) is 2. The Hall–Kier alpha value is -0.970. The number of urea groups is 1. The van der Waals surface area contributed by atoms with Crippen LogP contribution in [0, 0.1) is 0 Å². The molecule has 110 valence electrons. The number of anilines is 1. The minimum atomic E-state index is -0.134. The highest BCUT2D eigenvalue weighted by atomic mass is 35.5. The largest absolute Gasteiger partial charge is 0.326 e. The number of nitrogens with two attached hydrogens (primary N) is 1. The van der Waals surface area contributed by atoms with Crippen molar-refractivity contribution < 1.29 is 4.79 Å². The maximum Gasteiger partial charge on any atom is 0.322 e. The summed E-state index contributed by atoms with van der Waals surface area (Å²) in [7, 11) is 0. The monoisotopic (exact) mass is 315 g/mol. The van der Waals surface area contributed by atoms with E-state index in [2.05, 4.69) is 5.32 Å². The molecule has 1 aliphatic heterocycles. The van der Waals surface area contributed by atoms with Gasteiger partial charge in [0.1, 0.15) is 0 Å². The van der Waals surface area contributed by atoms with Crippen molar-refractivity contribution in [3.63, 3.8) is 0 Å². The second-order valence-corrected chi connectivity index (χ2v) is 5.99. The lowest BCUT2D eigenvalue weighted by Crippen LogP contribution is -2.53. The molecule has 1 fully saturated rings. The molecule has 0 aliphatic carbocycles. The number of carbonyl (C=O) groups excluding carboxylic acids is 1. The van der Waals surface area contributed by atoms with Crippen molar-refractivity contribution in [3.05, 3.63) is 28.2 Å². The van der Waals surface area contributed by atoms with Gasteiger partial charge < -0.3 is 16.0 Å². The quantitative estimate of drug-likeness (QED) is 0.873. The summed E-state index contributed by atoms with van der Waals surface area (Å²) in [6.45, 7) is 2.68. The number of likely N-dealkylation sites (tertiary alicyclic amines) is 1. The molecule has 2 rings (SSSR count). The fraction of sp³-hybridized carbons (Fsp3) is 0.500. The van der Waals surface area contributed by atoms with Gasteiger partial charge in [-0.15, -0.1) is 0 Å². The molecule has 1 heterocycles. The summed E-state index contributed by atoms with van der Waals surface area (Å²) in [5.41, 5.74) is 6.61. The van der Waals surface area contributed by atoms with Gasteiger partial charge in [-0.2, -0.15) is 0 Å². The van der Waals surface area contributed by atoms with Crippen molar-refractivity contribution >= 4 is 34.9 Å². The Morgan fingerprint density at radius 2 is 2.15 bits per heavy atom. The zero-order valence-electron chi connectivity index (χ0n) is 11.4. The van der Waals surface area contributed by atoms with Gasteiger partial charge in [0.25, 0.3) is 0 Å². The fourth-order valence-electron chi connectivity index (χ4n) is 2.53. The molecule has 0 bridgehead atoms. The molecular weight excluding hydrogens is 297 g/mol. The van der Waals surface area contributed by atoms with Crippen LogP contribution >= 0.6 is 23.2 Å². The van der Waals surface area contributed by atoms with Gasteiger partial charge in [-0.1, -0.05) is 23.2 Å². The van der Waals surface area contributed by atoms with Crippen LogP contribution in [0.15, 0.2) is 18.2 Å². The number of halogens is 2. The van der Waals surface area contributed by atoms with Gasteiger partial charge in [0.2, 0.25) is 0 Å². The lowest BCUT2D eigenvalue weighted by atomic mass is 9.97. The van der Waals surface area contributed by atoms with E-state index in [0.29, 0.717) is 15.7 Å². The molecule has 2 unspecified atom stereocenters. The molecule has 1 saturated heterocycles. The zero-order chi connectivity index (χ0) is 14.7. The van der Waals surface area contributed by atoms with Gasteiger partial charge in [0.15, 0.2) is 0 Å². The molecule has 1 aliphatic rings. The molecule has 2 amide bonds. The Labute approximate surface area is 129 Å². The molecule has 2 atom stereocenters. The number of nitrogens with one attached hydrogen (secondary N) is 1. The summed E-state index contributed by atoms with van der Waals surface area (Å²) in [6.07, 6.45) is 3.08. The Morgan fingerprint density at radius 1 is 1.40 bits per heavy atom. The number of piperidine rings is 1. The highest BCUT2D eigenvalue weighted by molar-refractivity contribution is 6.42. The minimum Gasteiger partial charge on any atom is -0.326 e.